The molecule has 1 heterocycles. The number of hydrogen-bond acceptors (Lipinski definition) is 4. The van der Waals surface area contributed by atoms with E-state index in [9.17, 15) is 0 Å². The summed E-state index contributed by atoms with van der Waals surface area (Å²) in [5.41, 5.74) is 3.90. The largest absolute Gasteiger partial charge is 0.368 e. The van der Waals surface area contributed by atoms with Crippen LogP contribution in [0.25, 0.3) is 0 Å². The van der Waals surface area contributed by atoms with Crippen molar-refractivity contribution >= 4 is 34.5 Å². The second-order valence-corrected chi connectivity index (χ2v) is 5.51. The van der Waals surface area contributed by atoms with E-state index >= 15 is 0 Å². The van der Waals surface area contributed by atoms with E-state index in [0.29, 0.717) is 5.02 Å². The fourth-order valence-electron chi connectivity index (χ4n) is 2.41. The van der Waals surface area contributed by atoms with Crippen molar-refractivity contribution in [2.45, 2.75) is 6.92 Å². The molecular weight excluding hydrogens is 296 g/mol. The molecule has 0 unspecified atom stereocenters. The Morgan fingerprint density at radius 1 is 1.09 bits per heavy atom. The number of nitrogens with one attached hydrogen (secondary N) is 3. The number of nitrogens with zero attached hydrogens (tertiary/aromatic N) is 1. The highest BCUT2D eigenvalue weighted by atomic mass is 35.5. The quantitative estimate of drug-likeness (QED) is 0.755. The number of likely N-dealkylation sites (N-methyl/N-ethyl adjacent to an activating group) is 1. The molecule has 2 aromatic carbocycles. The van der Waals surface area contributed by atoms with Gasteiger partial charge in [-0.1, -0.05) is 30.7 Å². The zero-order valence-electron chi connectivity index (χ0n) is 12.5. The summed E-state index contributed by atoms with van der Waals surface area (Å²) < 4.78 is 0. The van der Waals surface area contributed by atoms with E-state index in [2.05, 4.69) is 35.0 Å². The summed E-state index contributed by atoms with van der Waals surface area (Å²) in [6.45, 7) is 4.77. The monoisotopic (exact) mass is 314 g/mol. The van der Waals surface area contributed by atoms with Crippen molar-refractivity contribution in [3.63, 3.8) is 0 Å². The molecule has 0 atom stereocenters. The topological polar surface area (TPSA) is 48.5 Å². The van der Waals surface area contributed by atoms with Gasteiger partial charge < -0.3 is 16.0 Å². The molecule has 1 aliphatic rings. The molecule has 5 heteroatoms. The number of aliphatic imine (C=N–C) groups is 1. The summed E-state index contributed by atoms with van der Waals surface area (Å²) >= 11 is 6.11. The lowest BCUT2D eigenvalue weighted by Gasteiger charge is -2.12. The molecule has 0 aromatic heterocycles. The van der Waals surface area contributed by atoms with Crippen LogP contribution in [0.5, 0.6) is 0 Å². The normalized spacial score (nSPS) is 12.5. The maximum Gasteiger partial charge on any atom is 0.136 e. The molecule has 0 fully saturated rings. The molecule has 0 spiro atoms. The van der Waals surface area contributed by atoms with Crippen molar-refractivity contribution in [1.82, 2.24) is 10.6 Å². The molecule has 0 saturated heterocycles. The first-order valence-corrected chi connectivity index (χ1v) is 7.85. The number of para-hydroxylation sites is 1. The summed E-state index contributed by atoms with van der Waals surface area (Å²) in [5, 5.41) is 10.8. The van der Waals surface area contributed by atoms with E-state index in [-0.39, 0.29) is 0 Å². The first kappa shape index (κ1) is 14.9. The predicted octanol–water partition coefficient (Wildman–Crippen LogP) is 3.67. The maximum absolute atomic E-state index is 6.11. The Morgan fingerprint density at radius 3 is 2.82 bits per heavy atom. The number of anilines is 2. The fraction of sp³-hybridized carbons (Fsp3) is 0.235. The molecule has 3 N–H and O–H groups in total. The number of hydrogen-bond donors (Lipinski definition) is 3. The van der Waals surface area contributed by atoms with E-state index in [1.54, 1.807) is 0 Å². The minimum atomic E-state index is 0.683. The van der Waals surface area contributed by atoms with Crippen LogP contribution in [0.2, 0.25) is 5.02 Å². The van der Waals surface area contributed by atoms with E-state index in [1.165, 1.54) is 0 Å². The minimum absolute atomic E-state index is 0.683. The zero-order valence-corrected chi connectivity index (χ0v) is 13.2. The van der Waals surface area contributed by atoms with Crippen molar-refractivity contribution in [2.24, 2.45) is 4.99 Å². The summed E-state index contributed by atoms with van der Waals surface area (Å²) in [4.78, 5) is 4.77. The Labute approximate surface area is 135 Å². The van der Waals surface area contributed by atoms with Gasteiger partial charge in [0.05, 0.1) is 11.4 Å². The Hall–Kier alpha value is -2.04. The summed E-state index contributed by atoms with van der Waals surface area (Å²) in [6, 6.07) is 13.9. The number of halogens is 1. The van der Waals surface area contributed by atoms with Gasteiger partial charge in [0, 0.05) is 29.4 Å². The second-order valence-electron chi connectivity index (χ2n) is 5.07. The Morgan fingerprint density at radius 2 is 1.95 bits per heavy atom. The first-order chi connectivity index (χ1) is 10.8. The number of fused-ring (bicyclic) bond motifs is 2. The van der Waals surface area contributed by atoms with Gasteiger partial charge in [0.25, 0.3) is 0 Å². The standard InChI is InChI=1S/C17H19ClN4/c1-2-19-9-10-20-17-13-5-3-4-6-14(13)21-15-8-7-12(18)11-16(15)22-17/h3-8,11,19,21H,2,9-10H2,1H3,(H,20,22). The predicted molar refractivity (Wildman–Crippen MR) is 93.9 cm³/mol. The van der Waals surface area contributed by atoms with Crippen LogP contribution < -0.4 is 16.0 Å². The average molecular weight is 315 g/mol. The fourth-order valence-corrected chi connectivity index (χ4v) is 2.57. The lowest BCUT2D eigenvalue weighted by molar-refractivity contribution is 0.698. The van der Waals surface area contributed by atoms with Gasteiger partial charge in [0.1, 0.15) is 5.84 Å². The molecule has 0 radical (unpaired) electrons. The molecule has 0 bridgehead atoms. The minimum Gasteiger partial charge on any atom is -0.368 e. The second kappa shape index (κ2) is 6.81. The highest BCUT2D eigenvalue weighted by Crippen LogP contribution is 2.35. The Bertz CT molecular complexity index is 697. The van der Waals surface area contributed by atoms with Gasteiger partial charge in [-0.05, 0) is 36.9 Å². The van der Waals surface area contributed by atoms with E-state index < -0.39 is 0 Å². The molecule has 2 aromatic rings. The van der Waals surface area contributed by atoms with Crippen molar-refractivity contribution in [1.29, 1.82) is 0 Å². The summed E-state index contributed by atoms with van der Waals surface area (Å²) in [7, 11) is 0. The highest BCUT2D eigenvalue weighted by molar-refractivity contribution is 6.31. The molecule has 0 amide bonds. The summed E-state index contributed by atoms with van der Waals surface area (Å²) in [6.07, 6.45) is 0. The highest BCUT2D eigenvalue weighted by Gasteiger charge is 2.15. The van der Waals surface area contributed by atoms with Crippen LogP contribution in [0.15, 0.2) is 47.5 Å². The van der Waals surface area contributed by atoms with Gasteiger partial charge in [-0.2, -0.15) is 0 Å². The van der Waals surface area contributed by atoms with Gasteiger partial charge in [0.15, 0.2) is 0 Å². The molecule has 22 heavy (non-hydrogen) atoms. The van der Waals surface area contributed by atoms with Crippen LogP contribution in [0.3, 0.4) is 0 Å². The molecule has 3 rings (SSSR count). The smallest absolute Gasteiger partial charge is 0.136 e. The van der Waals surface area contributed by atoms with Crippen molar-refractivity contribution in [2.75, 3.05) is 25.0 Å². The molecular formula is C17H19ClN4. The number of amidine groups is 1. The summed E-state index contributed by atoms with van der Waals surface area (Å²) in [5.74, 6) is 0.863. The molecule has 1 aliphatic heterocycles. The van der Waals surface area contributed by atoms with Crippen molar-refractivity contribution in [3.05, 3.63) is 53.1 Å². The molecule has 114 valence electrons. The lowest BCUT2D eigenvalue weighted by Crippen LogP contribution is -2.32. The van der Waals surface area contributed by atoms with Gasteiger partial charge in [-0.3, -0.25) is 0 Å². The third kappa shape index (κ3) is 3.24. The van der Waals surface area contributed by atoms with Crippen LogP contribution in [-0.4, -0.2) is 25.5 Å². The van der Waals surface area contributed by atoms with E-state index in [0.717, 1.165) is 48.1 Å². The van der Waals surface area contributed by atoms with Crippen molar-refractivity contribution in [3.8, 4) is 0 Å². The number of benzene rings is 2. The SMILES string of the molecule is CCNCCNC1=Nc2cc(Cl)ccc2Nc2ccccc21. The Kier molecular flexibility index (Phi) is 4.61. The van der Waals surface area contributed by atoms with Gasteiger partial charge in [0.2, 0.25) is 0 Å². The molecule has 4 nitrogen and oxygen atoms in total. The van der Waals surface area contributed by atoms with Crippen LogP contribution in [0, 0.1) is 0 Å². The molecule has 0 saturated carbocycles. The van der Waals surface area contributed by atoms with Gasteiger partial charge in [-0.15, -0.1) is 0 Å². The lowest BCUT2D eigenvalue weighted by atomic mass is 10.1. The van der Waals surface area contributed by atoms with Crippen LogP contribution in [0.1, 0.15) is 12.5 Å². The number of rotatable bonds is 4. The van der Waals surface area contributed by atoms with Crippen LogP contribution >= 0.6 is 11.6 Å². The van der Waals surface area contributed by atoms with E-state index in [1.807, 2.05) is 30.3 Å². The zero-order chi connectivity index (χ0) is 15.4. The first-order valence-electron chi connectivity index (χ1n) is 7.47. The van der Waals surface area contributed by atoms with Crippen LogP contribution in [0.4, 0.5) is 17.1 Å². The average Bonchev–Trinajstić information content (AvgIpc) is 2.68. The Balaban J connectivity index is 1.96. The van der Waals surface area contributed by atoms with Gasteiger partial charge >= 0.3 is 0 Å². The maximum atomic E-state index is 6.11. The van der Waals surface area contributed by atoms with Crippen molar-refractivity contribution < 1.29 is 0 Å². The third-order valence-corrected chi connectivity index (χ3v) is 3.72. The van der Waals surface area contributed by atoms with Gasteiger partial charge in [-0.25, -0.2) is 4.99 Å². The van der Waals surface area contributed by atoms with Crippen LogP contribution in [-0.2, 0) is 0 Å². The van der Waals surface area contributed by atoms with E-state index in [4.69, 9.17) is 16.6 Å². The molecule has 0 aliphatic carbocycles. The third-order valence-electron chi connectivity index (χ3n) is 3.49.